The Morgan fingerprint density at radius 1 is 0.939 bits per heavy atom. The molecule has 1 saturated carbocycles. The zero-order valence-corrected chi connectivity index (χ0v) is 18.4. The first-order chi connectivity index (χ1) is 15.6. The van der Waals surface area contributed by atoms with Gasteiger partial charge in [-0.1, -0.05) is 12.1 Å². The second-order valence-electron chi connectivity index (χ2n) is 8.20. The van der Waals surface area contributed by atoms with Crippen LogP contribution < -0.4 is 5.32 Å². The van der Waals surface area contributed by atoms with Crippen LogP contribution in [0.15, 0.2) is 53.4 Å². The van der Waals surface area contributed by atoms with Crippen LogP contribution in [0.4, 0.5) is 17.6 Å². The molecule has 4 rings (SSSR count). The Kier molecular flexibility index (Phi) is 6.47. The van der Waals surface area contributed by atoms with E-state index >= 15 is 0 Å². The predicted octanol–water partition coefficient (Wildman–Crippen LogP) is 3.17. The van der Waals surface area contributed by atoms with Crippen LogP contribution in [0.1, 0.15) is 30.0 Å². The molecule has 0 radical (unpaired) electrons. The molecule has 0 aromatic heterocycles. The Balaban J connectivity index is 1.48. The maximum atomic E-state index is 13.4. The molecule has 11 heteroatoms. The minimum atomic E-state index is -4.55. The molecule has 0 spiro atoms. The third-order valence-corrected chi connectivity index (χ3v) is 7.73. The van der Waals surface area contributed by atoms with Gasteiger partial charge in [0.2, 0.25) is 15.9 Å². The summed E-state index contributed by atoms with van der Waals surface area (Å²) in [7, 11) is -3.98. The van der Waals surface area contributed by atoms with E-state index in [2.05, 4.69) is 5.32 Å². The molecule has 2 fully saturated rings. The summed E-state index contributed by atoms with van der Waals surface area (Å²) in [4.78, 5) is 14.5. The number of nitrogens with zero attached hydrogens (tertiary/aromatic N) is 2. The summed E-state index contributed by atoms with van der Waals surface area (Å²) < 4.78 is 78.8. The lowest BCUT2D eigenvalue weighted by Crippen LogP contribution is -2.52. The third kappa shape index (κ3) is 5.36. The molecular weight excluding hydrogens is 462 g/mol. The van der Waals surface area contributed by atoms with Crippen LogP contribution in [0.3, 0.4) is 0 Å². The first-order valence-electron chi connectivity index (χ1n) is 10.5. The molecule has 1 unspecified atom stereocenters. The monoisotopic (exact) mass is 485 g/mol. The molecular formula is C22H23F4N3O3S. The lowest BCUT2D eigenvalue weighted by Gasteiger charge is -2.38. The van der Waals surface area contributed by atoms with Gasteiger partial charge >= 0.3 is 6.18 Å². The largest absolute Gasteiger partial charge is 0.416 e. The van der Waals surface area contributed by atoms with Crippen LogP contribution in [0.5, 0.6) is 0 Å². The average molecular weight is 486 g/mol. The first-order valence-corrected chi connectivity index (χ1v) is 12.0. The van der Waals surface area contributed by atoms with Crippen molar-refractivity contribution in [1.29, 1.82) is 0 Å². The minimum absolute atomic E-state index is 0.0672. The highest BCUT2D eigenvalue weighted by molar-refractivity contribution is 7.89. The lowest BCUT2D eigenvalue weighted by molar-refractivity contribution is -0.137. The van der Waals surface area contributed by atoms with E-state index in [4.69, 9.17) is 0 Å². The standard InChI is InChI=1S/C22H23F4N3O3S/c23-17-5-1-15(2-6-17)20(21(30)27-18-7-8-18)28-11-13-29(14-12-28)33(31,32)19-9-3-16(4-10-19)22(24,25)26/h1-6,9-10,18,20H,7-8,11-14H2,(H,27,30). The van der Waals surface area contributed by atoms with Crippen LogP contribution in [-0.4, -0.2) is 55.8 Å². The molecule has 1 saturated heterocycles. The number of hydrogen-bond acceptors (Lipinski definition) is 4. The lowest BCUT2D eigenvalue weighted by atomic mass is 10.0. The summed E-state index contributed by atoms with van der Waals surface area (Å²) in [5.74, 6) is -0.643. The van der Waals surface area contributed by atoms with Crippen molar-refractivity contribution in [2.75, 3.05) is 26.2 Å². The molecule has 33 heavy (non-hydrogen) atoms. The number of carbonyl (C=O) groups is 1. The van der Waals surface area contributed by atoms with Gasteiger partial charge < -0.3 is 5.32 Å². The second kappa shape index (κ2) is 9.03. The Morgan fingerprint density at radius 2 is 1.52 bits per heavy atom. The van der Waals surface area contributed by atoms with Crippen molar-refractivity contribution in [3.8, 4) is 0 Å². The second-order valence-corrected chi connectivity index (χ2v) is 10.1. The van der Waals surface area contributed by atoms with E-state index in [9.17, 15) is 30.8 Å². The fourth-order valence-electron chi connectivity index (χ4n) is 3.85. The number of hydrogen-bond donors (Lipinski definition) is 1. The van der Waals surface area contributed by atoms with E-state index in [1.165, 1.54) is 28.6 Å². The van der Waals surface area contributed by atoms with Gasteiger partial charge in [-0.2, -0.15) is 17.5 Å². The fraction of sp³-hybridized carbons (Fsp3) is 0.409. The summed E-state index contributed by atoms with van der Waals surface area (Å²) in [6.45, 7) is 0.607. The van der Waals surface area contributed by atoms with E-state index in [-0.39, 0.29) is 43.0 Å². The van der Waals surface area contributed by atoms with E-state index in [1.807, 2.05) is 4.90 Å². The minimum Gasteiger partial charge on any atom is -0.352 e. The number of benzene rings is 2. The highest BCUT2D eigenvalue weighted by Crippen LogP contribution is 2.31. The quantitative estimate of drug-likeness (QED) is 0.639. The number of amides is 1. The Bertz CT molecular complexity index is 1090. The van der Waals surface area contributed by atoms with E-state index in [0.717, 1.165) is 37.1 Å². The molecule has 2 aromatic carbocycles. The van der Waals surface area contributed by atoms with Crippen LogP contribution in [0.2, 0.25) is 0 Å². The van der Waals surface area contributed by atoms with Crippen molar-refractivity contribution in [3.63, 3.8) is 0 Å². The molecule has 2 aromatic rings. The number of nitrogens with one attached hydrogen (secondary N) is 1. The number of piperazine rings is 1. The van der Waals surface area contributed by atoms with Gasteiger partial charge in [0.25, 0.3) is 0 Å². The van der Waals surface area contributed by atoms with Crippen LogP contribution >= 0.6 is 0 Å². The Labute approximate surface area is 189 Å². The summed E-state index contributed by atoms with van der Waals surface area (Å²) in [5, 5.41) is 2.95. The fourth-order valence-corrected chi connectivity index (χ4v) is 5.27. The van der Waals surface area contributed by atoms with Crippen LogP contribution in [0.25, 0.3) is 0 Å². The molecule has 6 nitrogen and oxygen atoms in total. The SMILES string of the molecule is O=C(NC1CC1)C(c1ccc(F)cc1)N1CCN(S(=O)(=O)c2ccc(C(F)(F)F)cc2)CC1. The molecule has 1 heterocycles. The Morgan fingerprint density at radius 3 is 2.03 bits per heavy atom. The van der Waals surface area contributed by atoms with E-state index in [1.54, 1.807) is 0 Å². The highest BCUT2D eigenvalue weighted by atomic mass is 32.2. The van der Waals surface area contributed by atoms with Gasteiger partial charge in [-0.3, -0.25) is 9.69 Å². The molecule has 1 aliphatic heterocycles. The topological polar surface area (TPSA) is 69.7 Å². The van der Waals surface area contributed by atoms with Gasteiger partial charge in [-0.05, 0) is 54.8 Å². The van der Waals surface area contributed by atoms with E-state index < -0.39 is 33.6 Å². The number of rotatable bonds is 6. The van der Waals surface area contributed by atoms with Gasteiger partial charge in [0, 0.05) is 32.2 Å². The van der Waals surface area contributed by atoms with Gasteiger partial charge in [0.05, 0.1) is 10.5 Å². The van der Waals surface area contributed by atoms with Crippen LogP contribution in [0, 0.1) is 5.82 Å². The predicted molar refractivity (Wildman–Crippen MR) is 112 cm³/mol. The highest BCUT2D eigenvalue weighted by Gasteiger charge is 2.37. The number of carbonyl (C=O) groups excluding carboxylic acids is 1. The van der Waals surface area contributed by atoms with Crippen molar-refractivity contribution >= 4 is 15.9 Å². The van der Waals surface area contributed by atoms with Crippen molar-refractivity contribution in [3.05, 3.63) is 65.5 Å². The third-order valence-electron chi connectivity index (χ3n) is 5.82. The molecule has 1 N–H and O–H groups in total. The molecule has 1 atom stereocenters. The molecule has 0 bridgehead atoms. The molecule has 1 amide bonds. The van der Waals surface area contributed by atoms with Crippen molar-refractivity contribution in [2.45, 2.75) is 36.0 Å². The molecule has 2 aliphatic rings. The summed E-state index contributed by atoms with van der Waals surface area (Å²) in [6, 6.07) is 8.46. The van der Waals surface area contributed by atoms with Crippen molar-refractivity contribution in [1.82, 2.24) is 14.5 Å². The summed E-state index contributed by atoms with van der Waals surface area (Å²) in [6.07, 6.45) is -2.74. The van der Waals surface area contributed by atoms with Crippen LogP contribution in [-0.2, 0) is 21.0 Å². The number of alkyl halides is 3. The maximum Gasteiger partial charge on any atom is 0.416 e. The molecule has 1 aliphatic carbocycles. The van der Waals surface area contributed by atoms with Gasteiger partial charge in [0.1, 0.15) is 11.9 Å². The molecule has 178 valence electrons. The number of sulfonamides is 1. The smallest absolute Gasteiger partial charge is 0.352 e. The summed E-state index contributed by atoms with van der Waals surface area (Å²) >= 11 is 0. The first kappa shape index (κ1) is 23.7. The van der Waals surface area contributed by atoms with E-state index in [0.29, 0.717) is 5.56 Å². The normalized spacial score (nSPS) is 19.3. The summed E-state index contributed by atoms with van der Waals surface area (Å²) in [5.41, 5.74) is -0.316. The van der Waals surface area contributed by atoms with Crippen molar-refractivity contribution < 1.29 is 30.8 Å². The number of halogens is 4. The van der Waals surface area contributed by atoms with Crippen molar-refractivity contribution in [2.24, 2.45) is 0 Å². The zero-order valence-electron chi connectivity index (χ0n) is 17.6. The Hall–Kier alpha value is -2.50. The zero-order chi connectivity index (χ0) is 23.8. The average Bonchev–Trinajstić information content (AvgIpc) is 3.59. The van der Waals surface area contributed by atoms with Gasteiger partial charge in [0.15, 0.2) is 0 Å². The van der Waals surface area contributed by atoms with Gasteiger partial charge in [-0.15, -0.1) is 0 Å². The maximum absolute atomic E-state index is 13.4. The van der Waals surface area contributed by atoms with Gasteiger partial charge in [-0.25, -0.2) is 12.8 Å².